The molecule has 1 nitrogen and oxygen atoms in total. The van der Waals surface area contributed by atoms with Gasteiger partial charge in [0.1, 0.15) is 6.61 Å². The van der Waals surface area contributed by atoms with Gasteiger partial charge in [-0.3, -0.25) is 0 Å². The highest BCUT2D eigenvalue weighted by atomic mass is 79.9. The van der Waals surface area contributed by atoms with E-state index in [2.05, 4.69) is 27.8 Å². The molecule has 2 heteroatoms. The second-order valence-electron chi connectivity index (χ2n) is 2.42. The first kappa shape index (κ1) is 9.31. The number of halogens is 1. The molecule has 0 aliphatic rings. The van der Waals surface area contributed by atoms with Crippen molar-refractivity contribution < 1.29 is 5.11 Å². The van der Waals surface area contributed by atoms with Gasteiger partial charge in [-0.2, -0.15) is 0 Å². The summed E-state index contributed by atoms with van der Waals surface area (Å²) in [5.41, 5.74) is 2.08. The number of hydrogen-bond donors (Lipinski definition) is 1. The molecule has 0 aromatic heterocycles. The molecule has 0 radical (unpaired) electrons. The number of benzene rings is 1. The standard InChI is InChI=1S/C10H9BrO/c1-8-4-5-10(11)7-9(8)3-2-6-12/h4-5,7,12H,6H2,1H3. The summed E-state index contributed by atoms with van der Waals surface area (Å²) < 4.78 is 1.01. The maximum Gasteiger partial charge on any atom is 0.104 e. The van der Waals surface area contributed by atoms with E-state index < -0.39 is 0 Å². The average Bonchev–Trinajstić information content (AvgIpc) is 2.07. The molecule has 1 rings (SSSR count). The Balaban J connectivity index is 3.05. The first-order chi connectivity index (χ1) is 5.74. The van der Waals surface area contributed by atoms with Crippen LogP contribution < -0.4 is 0 Å². The minimum absolute atomic E-state index is 0.0913. The summed E-state index contributed by atoms with van der Waals surface area (Å²) in [6.45, 7) is 1.90. The first-order valence-corrected chi connectivity index (χ1v) is 4.39. The van der Waals surface area contributed by atoms with Gasteiger partial charge < -0.3 is 5.11 Å². The molecule has 1 N–H and O–H groups in total. The highest BCUT2D eigenvalue weighted by Gasteiger charge is 1.94. The molecular formula is C10H9BrO. The lowest BCUT2D eigenvalue weighted by Gasteiger charge is -1.97. The lowest BCUT2D eigenvalue weighted by molar-refractivity contribution is 0.350. The molecule has 0 saturated carbocycles. The molecule has 1 aromatic rings. The van der Waals surface area contributed by atoms with Crippen LogP contribution in [0.15, 0.2) is 22.7 Å². The van der Waals surface area contributed by atoms with Gasteiger partial charge in [0.05, 0.1) is 0 Å². The van der Waals surface area contributed by atoms with Crippen molar-refractivity contribution in [1.82, 2.24) is 0 Å². The Labute approximate surface area is 80.6 Å². The van der Waals surface area contributed by atoms with Gasteiger partial charge in [-0.1, -0.05) is 33.8 Å². The highest BCUT2D eigenvalue weighted by molar-refractivity contribution is 9.10. The maximum atomic E-state index is 8.50. The van der Waals surface area contributed by atoms with Crippen LogP contribution in [0.2, 0.25) is 0 Å². The molecule has 0 aliphatic heterocycles. The van der Waals surface area contributed by atoms with Crippen LogP contribution in [-0.4, -0.2) is 11.7 Å². The Hall–Kier alpha value is -0.780. The third-order valence-corrected chi connectivity index (χ3v) is 1.99. The number of aryl methyl sites for hydroxylation is 1. The molecule has 12 heavy (non-hydrogen) atoms. The largest absolute Gasteiger partial charge is 0.384 e. The van der Waals surface area contributed by atoms with Crippen molar-refractivity contribution in [2.24, 2.45) is 0 Å². The Morgan fingerprint density at radius 2 is 2.25 bits per heavy atom. The smallest absolute Gasteiger partial charge is 0.104 e. The molecule has 0 bridgehead atoms. The van der Waals surface area contributed by atoms with Gasteiger partial charge in [0.25, 0.3) is 0 Å². The van der Waals surface area contributed by atoms with Crippen LogP contribution in [0.5, 0.6) is 0 Å². The van der Waals surface area contributed by atoms with E-state index in [1.807, 2.05) is 25.1 Å². The molecule has 0 heterocycles. The second kappa shape index (κ2) is 4.30. The van der Waals surface area contributed by atoms with Crippen LogP contribution in [0.3, 0.4) is 0 Å². The zero-order chi connectivity index (χ0) is 8.97. The minimum Gasteiger partial charge on any atom is -0.384 e. The van der Waals surface area contributed by atoms with E-state index in [1.54, 1.807) is 0 Å². The van der Waals surface area contributed by atoms with E-state index in [0.717, 1.165) is 15.6 Å². The van der Waals surface area contributed by atoms with Crippen LogP contribution in [-0.2, 0) is 0 Å². The number of aliphatic hydroxyl groups is 1. The topological polar surface area (TPSA) is 20.2 Å². The Kier molecular flexibility index (Phi) is 3.33. The van der Waals surface area contributed by atoms with Crippen molar-refractivity contribution in [1.29, 1.82) is 0 Å². The van der Waals surface area contributed by atoms with Gasteiger partial charge >= 0.3 is 0 Å². The van der Waals surface area contributed by atoms with Gasteiger partial charge in [0.2, 0.25) is 0 Å². The molecule has 0 saturated heterocycles. The lowest BCUT2D eigenvalue weighted by Crippen LogP contribution is -1.82. The van der Waals surface area contributed by atoms with Gasteiger partial charge in [0, 0.05) is 10.0 Å². The number of rotatable bonds is 0. The van der Waals surface area contributed by atoms with Crippen molar-refractivity contribution in [2.75, 3.05) is 6.61 Å². The van der Waals surface area contributed by atoms with E-state index in [4.69, 9.17) is 5.11 Å². The predicted octanol–water partition coefficient (Wildman–Crippen LogP) is 2.10. The first-order valence-electron chi connectivity index (χ1n) is 3.60. The molecule has 0 fully saturated rings. The molecular weight excluding hydrogens is 216 g/mol. The van der Waals surface area contributed by atoms with E-state index in [-0.39, 0.29) is 6.61 Å². The molecule has 1 aromatic carbocycles. The lowest BCUT2D eigenvalue weighted by atomic mass is 10.1. The number of hydrogen-bond acceptors (Lipinski definition) is 1. The van der Waals surface area contributed by atoms with Crippen molar-refractivity contribution in [3.05, 3.63) is 33.8 Å². The summed E-state index contributed by atoms with van der Waals surface area (Å²) in [7, 11) is 0. The normalized spacial score (nSPS) is 8.92. The highest BCUT2D eigenvalue weighted by Crippen LogP contribution is 2.14. The van der Waals surface area contributed by atoms with Crippen LogP contribution in [0.1, 0.15) is 11.1 Å². The van der Waals surface area contributed by atoms with Crippen molar-refractivity contribution in [3.63, 3.8) is 0 Å². The Morgan fingerprint density at radius 3 is 2.92 bits per heavy atom. The van der Waals surface area contributed by atoms with Crippen molar-refractivity contribution in [2.45, 2.75) is 6.92 Å². The summed E-state index contributed by atoms with van der Waals surface area (Å²) in [5.74, 6) is 5.49. The van der Waals surface area contributed by atoms with Crippen molar-refractivity contribution in [3.8, 4) is 11.8 Å². The third kappa shape index (κ3) is 2.37. The van der Waals surface area contributed by atoms with E-state index >= 15 is 0 Å². The van der Waals surface area contributed by atoms with Crippen LogP contribution in [0, 0.1) is 18.8 Å². The predicted molar refractivity (Wildman–Crippen MR) is 52.8 cm³/mol. The van der Waals surface area contributed by atoms with Crippen molar-refractivity contribution >= 4 is 15.9 Å². The molecule has 0 atom stereocenters. The molecule has 0 amide bonds. The Bertz CT molecular complexity index is 333. The summed E-state index contributed by atoms with van der Waals surface area (Å²) in [4.78, 5) is 0. The summed E-state index contributed by atoms with van der Waals surface area (Å²) in [6.07, 6.45) is 0. The van der Waals surface area contributed by atoms with Gasteiger partial charge in [-0.15, -0.1) is 0 Å². The minimum atomic E-state index is -0.0913. The monoisotopic (exact) mass is 224 g/mol. The van der Waals surface area contributed by atoms with E-state index in [0.29, 0.717) is 0 Å². The van der Waals surface area contributed by atoms with Crippen LogP contribution in [0.25, 0.3) is 0 Å². The fourth-order valence-electron chi connectivity index (χ4n) is 0.864. The average molecular weight is 225 g/mol. The van der Waals surface area contributed by atoms with E-state index in [9.17, 15) is 0 Å². The summed E-state index contributed by atoms with van der Waals surface area (Å²) in [6, 6.07) is 5.91. The molecule has 0 spiro atoms. The second-order valence-corrected chi connectivity index (χ2v) is 3.33. The zero-order valence-electron chi connectivity index (χ0n) is 6.76. The zero-order valence-corrected chi connectivity index (χ0v) is 8.35. The van der Waals surface area contributed by atoms with Gasteiger partial charge in [-0.05, 0) is 24.6 Å². The van der Waals surface area contributed by atoms with E-state index in [1.165, 1.54) is 0 Å². The fraction of sp³-hybridized carbons (Fsp3) is 0.200. The van der Waals surface area contributed by atoms with Gasteiger partial charge in [0.15, 0.2) is 0 Å². The maximum absolute atomic E-state index is 8.50. The SMILES string of the molecule is Cc1ccc(Br)cc1C#CCO. The van der Waals surface area contributed by atoms with Crippen LogP contribution in [0.4, 0.5) is 0 Å². The molecule has 62 valence electrons. The quantitative estimate of drug-likeness (QED) is 0.670. The van der Waals surface area contributed by atoms with Crippen LogP contribution >= 0.6 is 15.9 Å². The number of aliphatic hydroxyl groups excluding tert-OH is 1. The Morgan fingerprint density at radius 1 is 1.50 bits per heavy atom. The van der Waals surface area contributed by atoms with Gasteiger partial charge in [-0.25, -0.2) is 0 Å². The summed E-state index contributed by atoms with van der Waals surface area (Å²) in [5, 5.41) is 8.50. The fourth-order valence-corrected chi connectivity index (χ4v) is 1.22. The molecule has 0 aliphatic carbocycles. The summed E-state index contributed by atoms with van der Waals surface area (Å²) >= 11 is 3.36. The third-order valence-electron chi connectivity index (χ3n) is 1.50. The molecule has 0 unspecified atom stereocenters.